The molecule has 2 atom stereocenters. The fourth-order valence-corrected chi connectivity index (χ4v) is 2.92. The van der Waals surface area contributed by atoms with Crippen LogP contribution in [-0.2, 0) is 6.42 Å². The second-order valence-electron chi connectivity index (χ2n) is 5.65. The molecule has 1 saturated heterocycles. The van der Waals surface area contributed by atoms with Crippen LogP contribution in [0.15, 0.2) is 27.8 Å². The maximum Gasteiger partial charge on any atom is 0.193 e. The molecular formula is C15H25N3O. The molecule has 1 fully saturated rings. The topological polar surface area (TPSA) is 40.8 Å². The Bertz CT molecular complexity index is 390. The lowest BCUT2D eigenvalue weighted by Crippen LogP contribution is -2.48. The number of piperidine rings is 1. The zero-order chi connectivity index (χ0) is 13.7. The molecule has 0 spiro atoms. The summed E-state index contributed by atoms with van der Waals surface area (Å²) in [6.07, 6.45) is 3.93. The van der Waals surface area contributed by atoms with Gasteiger partial charge in [-0.2, -0.15) is 0 Å². The van der Waals surface area contributed by atoms with Crippen LogP contribution in [0.2, 0.25) is 0 Å². The van der Waals surface area contributed by atoms with Crippen molar-refractivity contribution in [1.82, 2.24) is 10.2 Å². The van der Waals surface area contributed by atoms with Gasteiger partial charge in [0, 0.05) is 33.1 Å². The van der Waals surface area contributed by atoms with Crippen LogP contribution in [0.5, 0.6) is 0 Å². The highest BCUT2D eigenvalue weighted by molar-refractivity contribution is 5.80. The molecule has 1 N–H and O–H groups in total. The highest BCUT2D eigenvalue weighted by atomic mass is 16.3. The maximum atomic E-state index is 5.34. The fourth-order valence-electron chi connectivity index (χ4n) is 2.92. The molecule has 0 saturated carbocycles. The Hall–Kier alpha value is -1.45. The molecule has 4 heteroatoms. The molecule has 19 heavy (non-hydrogen) atoms. The van der Waals surface area contributed by atoms with Crippen LogP contribution in [0.3, 0.4) is 0 Å². The van der Waals surface area contributed by atoms with Gasteiger partial charge in [0.05, 0.1) is 6.26 Å². The first-order valence-electron chi connectivity index (χ1n) is 7.17. The van der Waals surface area contributed by atoms with E-state index in [-0.39, 0.29) is 0 Å². The fraction of sp³-hybridized carbons (Fsp3) is 0.667. The van der Waals surface area contributed by atoms with Gasteiger partial charge < -0.3 is 14.6 Å². The Kier molecular flexibility index (Phi) is 4.88. The number of likely N-dealkylation sites (tertiary alicyclic amines) is 1. The van der Waals surface area contributed by atoms with Gasteiger partial charge in [0.1, 0.15) is 5.76 Å². The molecule has 1 aromatic rings. The van der Waals surface area contributed by atoms with E-state index in [4.69, 9.17) is 4.42 Å². The average molecular weight is 263 g/mol. The molecule has 4 nitrogen and oxygen atoms in total. The van der Waals surface area contributed by atoms with Gasteiger partial charge in [-0.15, -0.1) is 0 Å². The molecule has 2 heterocycles. The summed E-state index contributed by atoms with van der Waals surface area (Å²) in [5.74, 6) is 3.52. The molecule has 0 amide bonds. The Morgan fingerprint density at radius 2 is 2.16 bits per heavy atom. The first-order valence-corrected chi connectivity index (χ1v) is 7.17. The van der Waals surface area contributed by atoms with E-state index in [0.29, 0.717) is 0 Å². The third-order valence-corrected chi connectivity index (χ3v) is 3.61. The minimum Gasteiger partial charge on any atom is -0.469 e. The van der Waals surface area contributed by atoms with Crippen molar-refractivity contribution < 1.29 is 4.42 Å². The van der Waals surface area contributed by atoms with Crippen LogP contribution in [0, 0.1) is 11.8 Å². The van der Waals surface area contributed by atoms with Crippen molar-refractivity contribution in [2.24, 2.45) is 16.8 Å². The van der Waals surface area contributed by atoms with E-state index in [1.54, 1.807) is 6.26 Å². The zero-order valence-electron chi connectivity index (χ0n) is 12.2. The Labute approximate surface area is 115 Å². The standard InChI is InChI=1S/C15H25N3O/c1-12-9-13(2)11-18(10-12)15(16-3)17-7-6-14-5-4-8-19-14/h4-5,8,12-13H,6-7,9-11H2,1-3H3,(H,16,17). The molecule has 1 aliphatic heterocycles. The summed E-state index contributed by atoms with van der Waals surface area (Å²) < 4.78 is 5.34. The second-order valence-corrected chi connectivity index (χ2v) is 5.65. The van der Waals surface area contributed by atoms with Crippen LogP contribution >= 0.6 is 0 Å². The number of hydrogen-bond donors (Lipinski definition) is 1. The van der Waals surface area contributed by atoms with Gasteiger partial charge >= 0.3 is 0 Å². The molecule has 0 aliphatic carbocycles. The summed E-state index contributed by atoms with van der Waals surface area (Å²) in [7, 11) is 1.86. The van der Waals surface area contributed by atoms with Crippen molar-refractivity contribution in [2.75, 3.05) is 26.7 Å². The number of nitrogens with zero attached hydrogens (tertiary/aromatic N) is 2. The zero-order valence-corrected chi connectivity index (χ0v) is 12.2. The van der Waals surface area contributed by atoms with Gasteiger partial charge in [-0.1, -0.05) is 13.8 Å². The van der Waals surface area contributed by atoms with Crippen molar-refractivity contribution in [2.45, 2.75) is 26.7 Å². The van der Waals surface area contributed by atoms with Gasteiger partial charge in [-0.25, -0.2) is 0 Å². The SMILES string of the molecule is CN=C(NCCc1ccco1)N1CC(C)CC(C)C1. The van der Waals surface area contributed by atoms with Crippen molar-refractivity contribution in [3.8, 4) is 0 Å². The third kappa shape index (κ3) is 4.01. The van der Waals surface area contributed by atoms with E-state index in [1.165, 1.54) is 6.42 Å². The van der Waals surface area contributed by atoms with Gasteiger partial charge in [-0.3, -0.25) is 4.99 Å². The van der Waals surface area contributed by atoms with Crippen molar-refractivity contribution >= 4 is 5.96 Å². The molecule has 2 unspecified atom stereocenters. The summed E-state index contributed by atoms with van der Waals surface area (Å²) >= 11 is 0. The molecule has 0 aromatic carbocycles. The van der Waals surface area contributed by atoms with Crippen molar-refractivity contribution in [3.05, 3.63) is 24.2 Å². The maximum absolute atomic E-state index is 5.34. The Morgan fingerprint density at radius 1 is 1.42 bits per heavy atom. The van der Waals surface area contributed by atoms with Crippen LogP contribution in [-0.4, -0.2) is 37.5 Å². The average Bonchev–Trinajstić information content (AvgIpc) is 2.86. The largest absolute Gasteiger partial charge is 0.469 e. The first kappa shape index (κ1) is 14.0. The van der Waals surface area contributed by atoms with Crippen molar-refractivity contribution in [3.63, 3.8) is 0 Å². The molecule has 106 valence electrons. The number of nitrogens with one attached hydrogen (secondary N) is 1. The smallest absolute Gasteiger partial charge is 0.193 e. The summed E-state index contributed by atoms with van der Waals surface area (Å²) in [5.41, 5.74) is 0. The molecule has 1 aromatic heterocycles. The van der Waals surface area contributed by atoms with Crippen LogP contribution in [0.4, 0.5) is 0 Å². The van der Waals surface area contributed by atoms with Crippen molar-refractivity contribution in [1.29, 1.82) is 0 Å². The van der Waals surface area contributed by atoms with Gasteiger partial charge in [-0.05, 0) is 30.4 Å². The summed E-state index contributed by atoms with van der Waals surface area (Å²) in [5, 5.41) is 3.43. The number of furan rings is 1. The third-order valence-electron chi connectivity index (χ3n) is 3.61. The molecule has 1 aliphatic rings. The molecular weight excluding hydrogens is 238 g/mol. The number of hydrogen-bond acceptors (Lipinski definition) is 2. The predicted molar refractivity (Wildman–Crippen MR) is 78.3 cm³/mol. The Balaban J connectivity index is 1.82. The molecule has 0 radical (unpaired) electrons. The summed E-state index contributed by atoms with van der Waals surface area (Å²) in [6, 6.07) is 3.94. The summed E-state index contributed by atoms with van der Waals surface area (Å²) in [4.78, 5) is 6.78. The predicted octanol–water partition coefficient (Wildman–Crippen LogP) is 2.38. The number of rotatable bonds is 3. The van der Waals surface area contributed by atoms with E-state index >= 15 is 0 Å². The lowest BCUT2D eigenvalue weighted by Gasteiger charge is -2.37. The molecule has 2 rings (SSSR count). The minimum absolute atomic E-state index is 0.743. The lowest BCUT2D eigenvalue weighted by atomic mass is 9.92. The highest BCUT2D eigenvalue weighted by Crippen LogP contribution is 2.20. The van der Waals surface area contributed by atoms with Gasteiger partial charge in [0.2, 0.25) is 0 Å². The van der Waals surface area contributed by atoms with E-state index in [9.17, 15) is 0 Å². The number of guanidine groups is 1. The minimum atomic E-state index is 0.743. The summed E-state index contributed by atoms with van der Waals surface area (Å²) in [6.45, 7) is 7.70. The van der Waals surface area contributed by atoms with E-state index in [0.717, 1.165) is 49.6 Å². The lowest BCUT2D eigenvalue weighted by molar-refractivity contribution is 0.208. The quantitative estimate of drug-likeness (QED) is 0.672. The van der Waals surface area contributed by atoms with E-state index < -0.39 is 0 Å². The van der Waals surface area contributed by atoms with Crippen LogP contribution in [0.25, 0.3) is 0 Å². The van der Waals surface area contributed by atoms with E-state index in [1.807, 2.05) is 19.2 Å². The highest BCUT2D eigenvalue weighted by Gasteiger charge is 2.23. The second kappa shape index (κ2) is 6.64. The van der Waals surface area contributed by atoms with Gasteiger partial charge in [0.25, 0.3) is 0 Å². The first-order chi connectivity index (χ1) is 9.19. The van der Waals surface area contributed by atoms with E-state index in [2.05, 4.69) is 29.1 Å². The monoisotopic (exact) mass is 263 g/mol. The van der Waals surface area contributed by atoms with Gasteiger partial charge in [0.15, 0.2) is 5.96 Å². The normalized spacial score (nSPS) is 24.6. The van der Waals surface area contributed by atoms with Crippen LogP contribution in [0.1, 0.15) is 26.0 Å². The number of aliphatic imine (C=N–C) groups is 1. The molecule has 0 bridgehead atoms. The Morgan fingerprint density at radius 3 is 2.74 bits per heavy atom. The van der Waals surface area contributed by atoms with Crippen LogP contribution < -0.4 is 5.32 Å².